The lowest BCUT2D eigenvalue weighted by Gasteiger charge is -2.19. The van der Waals surface area contributed by atoms with Gasteiger partial charge in [-0.1, -0.05) is 40.0 Å². The smallest absolute Gasteiger partial charge is 0.338 e. The molecular formula is C45H57N5O10. The van der Waals surface area contributed by atoms with Gasteiger partial charge in [0.1, 0.15) is 6.04 Å². The van der Waals surface area contributed by atoms with Gasteiger partial charge < -0.3 is 40.4 Å². The Kier molecular flexibility index (Phi) is 14.7. The number of aryl methyl sites for hydroxylation is 3. The number of rotatable bonds is 19. The molecular weight excluding hydrogens is 771 g/mol. The third kappa shape index (κ3) is 9.95. The fraction of sp³-hybridized carbons (Fsp3) is 0.489. The SMILES string of the molecule is CCCCCCOC(C)c1c(C)c2cc3nc(c(CC(=O)N[C@@H](CCC(=O)O)C(=O)O)c4nc(cc5[nH]c(cc1[nH]2)c(C)c5CC)C(C)=C4C(=O)O)[C@@H](CCC(=O)O)[C@@H]3C. The average Bonchev–Trinajstić information content (AvgIpc) is 3.87. The number of carboxylic acids is 4. The third-order valence-electron chi connectivity index (χ3n) is 11.8. The zero-order valence-corrected chi connectivity index (χ0v) is 35.5. The van der Waals surface area contributed by atoms with E-state index < -0.39 is 60.5 Å². The van der Waals surface area contributed by atoms with E-state index in [4.69, 9.17) is 14.7 Å². The molecule has 5 heterocycles. The van der Waals surface area contributed by atoms with E-state index in [1.54, 1.807) is 13.0 Å². The van der Waals surface area contributed by atoms with Crippen molar-refractivity contribution in [2.45, 2.75) is 137 Å². The zero-order chi connectivity index (χ0) is 44.0. The summed E-state index contributed by atoms with van der Waals surface area (Å²) in [5.74, 6) is -6.87. The van der Waals surface area contributed by atoms with Crippen molar-refractivity contribution in [2.24, 2.45) is 0 Å². The molecule has 2 aliphatic rings. The lowest BCUT2D eigenvalue weighted by Crippen LogP contribution is -2.42. The van der Waals surface area contributed by atoms with Gasteiger partial charge in [-0.2, -0.15) is 0 Å². The minimum atomic E-state index is -1.54. The topological polar surface area (TPSA) is 245 Å². The number of hydrogen-bond acceptors (Lipinski definition) is 8. The van der Waals surface area contributed by atoms with E-state index >= 15 is 0 Å². The first-order valence-corrected chi connectivity index (χ1v) is 20.7. The fourth-order valence-corrected chi connectivity index (χ4v) is 8.44. The summed E-state index contributed by atoms with van der Waals surface area (Å²) in [4.78, 5) is 79.6. The van der Waals surface area contributed by atoms with Crippen LogP contribution in [0.1, 0.15) is 155 Å². The van der Waals surface area contributed by atoms with Crippen molar-refractivity contribution >= 4 is 63.0 Å². The lowest BCUT2D eigenvalue weighted by atomic mass is 9.84. The molecule has 3 aromatic heterocycles. The van der Waals surface area contributed by atoms with Gasteiger partial charge in [0, 0.05) is 70.2 Å². The van der Waals surface area contributed by atoms with E-state index in [0.717, 1.165) is 70.0 Å². The molecule has 0 aliphatic carbocycles. The Bertz CT molecular complexity index is 2370. The number of amides is 1. The number of carboxylic acid groups (broad SMARTS) is 4. The Labute approximate surface area is 348 Å². The van der Waals surface area contributed by atoms with Gasteiger partial charge in [-0.25, -0.2) is 14.6 Å². The van der Waals surface area contributed by atoms with Crippen molar-refractivity contribution in [1.29, 1.82) is 0 Å². The van der Waals surface area contributed by atoms with Gasteiger partial charge in [0.05, 0.1) is 35.2 Å². The molecule has 3 aromatic rings. The standard InChI is InChI=1S/C45H57N5O10/c1-8-10-11-12-17-60-26(7)40-24(5)33-19-32-23(4)28(13-15-38(52)53)42(49-32)29(18-37(51)48-30(44(56)57)14-16-39(54)55)43-41(45(58)59)25(6)34(50-43)20-35-27(9-2)22(3)31(46-35)21-36(40)47-33/h19-21,23,26,28,30,46-47H,8-18H2,1-7H3,(H,48,51)(H,52,53)(H,54,55)(H,56,57)(H,58,59)/t23-,26?,28-,30-/m0/s1. The average molecular weight is 828 g/mol. The molecule has 2 aliphatic heterocycles. The number of allylic oxidation sites excluding steroid dienone is 1. The molecule has 0 fully saturated rings. The number of aromatic amines is 2. The normalized spacial score (nSPS) is 16.1. The van der Waals surface area contributed by atoms with Crippen LogP contribution in [0.5, 0.6) is 0 Å². The number of aliphatic carboxylic acids is 4. The summed E-state index contributed by atoms with van der Waals surface area (Å²) in [6.07, 6.45) is 3.02. The summed E-state index contributed by atoms with van der Waals surface area (Å²) in [6.45, 7) is 14.4. The highest BCUT2D eigenvalue weighted by Crippen LogP contribution is 2.44. The second-order valence-electron chi connectivity index (χ2n) is 15.9. The number of ether oxygens (including phenoxy) is 1. The Hall–Kier alpha value is -5.83. The summed E-state index contributed by atoms with van der Waals surface area (Å²) in [6, 6.07) is 4.20. The number of unbranched alkanes of at least 4 members (excludes halogenated alkanes) is 3. The van der Waals surface area contributed by atoms with Gasteiger partial charge >= 0.3 is 23.9 Å². The lowest BCUT2D eigenvalue weighted by molar-refractivity contribution is -0.143. The van der Waals surface area contributed by atoms with Crippen LogP contribution in [0.3, 0.4) is 0 Å². The molecule has 0 aromatic carbocycles. The van der Waals surface area contributed by atoms with Gasteiger partial charge in [0.25, 0.3) is 0 Å². The Morgan fingerprint density at radius 2 is 1.52 bits per heavy atom. The van der Waals surface area contributed by atoms with Crippen molar-refractivity contribution in [2.75, 3.05) is 6.61 Å². The molecule has 0 radical (unpaired) electrons. The maximum Gasteiger partial charge on any atom is 0.338 e. The van der Waals surface area contributed by atoms with E-state index in [0.29, 0.717) is 30.0 Å². The van der Waals surface area contributed by atoms with E-state index in [9.17, 15) is 44.4 Å². The molecule has 8 bridgehead atoms. The van der Waals surface area contributed by atoms with Gasteiger partial charge in [-0.05, 0) is 93.8 Å². The molecule has 0 saturated heterocycles. The Morgan fingerprint density at radius 3 is 2.15 bits per heavy atom. The van der Waals surface area contributed by atoms with Crippen molar-refractivity contribution in [1.82, 2.24) is 25.3 Å². The van der Waals surface area contributed by atoms with Crippen LogP contribution in [-0.2, 0) is 41.6 Å². The number of carbonyl (C=O) groups excluding carboxylic acids is 1. The molecule has 60 heavy (non-hydrogen) atoms. The Morgan fingerprint density at radius 1 is 0.833 bits per heavy atom. The molecule has 1 unspecified atom stereocenters. The van der Waals surface area contributed by atoms with Crippen LogP contribution in [0.15, 0.2) is 18.2 Å². The molecule has 7 N–H and O–H groups in total. The largest absolute Gasteiger partial charge is 0.481 e. The number of carbonyl (C=O) groups is 5. The van der Waals surface area contributed by atoms with Crippen LogP contribution >= 0.6 is 0 Å². The summed E-state index contributed by atoms with van der Waals surface area (Å²) in [7, 11) is 0. The van der Waals surface area contributed by atoms with E-state index in [2.05, 4.69) is 28.3 Å². The highest BCUT2D eigenvalue weighted by atomic mass is 16.5. The molecule has 4 atom stereocenters. The number of fused-ring (bicyclic) bond motifs is 8. The van der Waals surface area contributed by atoms with E-state index in [-0.39, 0.29) is 47.9 Å². The second-order valence-corrected chi connectivity index (χ2v) is 15.9. The summed E-state index contributed by atoms with van der Waals surface area (Å²) in [5.41, 5.74) is 8.41. The van der Waals surface area contributed by atoms with E-state index in [1.807, 2.05) is 40.7 Å². The number of nitrogens with one attached hydrogen (secondary N) is 3. The van der Waals surface area contributed by atoms with Crippen LogP contribution in [0.2, 0.25) is 0 Å². The van der Waals surface area contributed by atoms with Gasteiger partial charge in [0.2, 0.25) is 5.91 Å². The number of aromatic nitrogens is 4. The van der Waals surface area contributed by atoms with Crippen LogP contribution in [0, 0.1) is 13.8 Å². The minimum Gasteiger partial charge on any atom is -0.481 e. The first kappa shape index (κ1) is 45.3. The molecule has 15 nitrogen and oxygen atoms in total. The zero-order valence-electron chi connectivity index (χ0n) is 35.5. The van der Waals surface area contributed by atoms with Crippen molar-refractivity contribution in [3.05, 3.63) is 68.8 Å². The summed E-state index contributed by atoms with van der Waals surface area (Å²) >= 11 is 0. The van der Waals surface area contributed by atoms with E-state index in [1.165, 1.54) is 0 Å². The minimum absolute atomic E-state index is 0.0444. The molecule has 5 rings (SSSR count). The molecule has 0 saturated carbocycles. The van der Waals surface area contributed by atoms with Crippen molar-refractivity contribution in [3.63, 3.8) is 0 Å². The van der Waals surface area contributed by atoms with Crippen LogP contribution in [-0.4, -0.2) is 82.8 Å². The highest BCUT2D eigenvalue weighted by molar-refractivity contribution is 6.24. The van der Waals surface area contributed by atoms with Crippen molar-refractivity contribution < 1.29 is 49.1 Å². The Balaban J connectivity index is 1.88. The third-order valence-corrected chi connectivity index (χ3v) is 11.8. The van der Waals surface area contributed by atoms with Crippen LogP contribution < -0.4 is 5.32 Å². The predicted octanol–water partition coefficient (Wildman–Crippen LogP) is 7.90. The number of nitrogens with zero attached hydrogens (tertiary/aromatic N) is 2. The van der Waals surface area contributed by atoms with Gasteiger partial charge in [-0.15, -0.1) is 0 Å². The summed E-state index contributed by atoms with van der Waals surface area (Å²) < 4.78 is 6.43. The summed E-state index contributed by atoms with van der Waals surface area (Å²) in [5, 5.41) is 42.0. The molecule has 322 valence electrons. The first-order valence-electron chi connectivity index (χ1n) is 20.7. The molecule has 0 spiro atoms. The fourth-order valence-electron chi connectivity index (χ4n) is 8.44. The maximum atomic E-state index is 13.9. The first-order chi connectivity index (χ1) is 28.5. The van der Waals surface area contributed by atoms with Gasteiger partial charge in [-0.3, -0.25) is 19.4 Å². The predicted molar refractivity (Wildman–Crippen MR) is 227 cm³/mol. The quantitative estimate of drug-likeness (QED) is 0.0570. The van der Waals surface area contributed by atoms with Gasteiger partial charge in [0.15, 0.2) is 0 Å². The van der Waals surface area contributed by atoms with Crippen molar-refractivity contribution in [3.8, 4) is 0 Å². The molecule has 15 heteroatoms. The van der Waals surface area contributed by atoms with Crippen LogP contribution in [0.25, 0.3) is 33.2 Å². The van der Waals surface area contributed by atoms with Crippen LogP contribution in [0.4, 0.5) is 0 Å². The number of hydrogen-bond donors (Lipinski definition) is 7. The highest BCUT2D eigenvalue weighted by Gasteiger charge is 2.36. The molecule has 1 amide bonds. The number of H-pyrrole nitrogens is 2. The maximum absolute atomic E-state index is 13.9. The monoisotopic (exact) mass is 827 g/mol. The second kappa shape index (κ2) is 19.5.